The van der Waals surface area contributed by atoms with Gasteiger partial charge in [0.15, 0.2) is 5.75 Å². The minimum atomic E-state index is -0.543. The SMILES string of the molecule is O=[N+]([O-])c1cc(I)c(F)cc1OCCC1CCCNC1. The number of ether oxygens (including phenoxy) is 1. The lowest BCUT2D eigenvalue weighted by atomic mass is 9.97. The van der Waals surface area contributed by atoms with E-state index in [0.29, 0.717) is 12.5 Å². The number of nitro groups is 1. The van der Waals surface area contributed by atoms with Gasteiger partial charge in [0.05, 0.1) is 15.1 Å². The van der Waals surface area contributed by atoms with Crippen LogP contribution in [-0.4, -0.2) is 24.6 Å². The van der Waals surface area contributed by atoms with Gasteiger partial charge in [-0.05, 0) is 60.9 Å². The average molecular weight is 394 g/mol. The van der Waals surface area contributed by atoms with E-state index in [-0.39, 0.29) is 15.0 Å². The third-order valence-electron chi connectivity index (χ3n) is 3.38. The van der Waals surface area contributed by atoms with Gasteiger partial charge in [0, 0.05) is 12.1 Å². The van der Waals surface area contributed by atoms with Crippen molar-refractivity contribution < 1.29 is 14.1 Å². The van der Waals surface area contributed by atoms with Crippen LogP contribution in [0.25, 0.3) is 0 Å². The van der Waals surface area contributed by atoms with Crippen LogP contribution in [0.4, 0.5) is 10.1 Å². The predicted molar refractivity (Wildman–Crippen MR) is 81.5 cm³/mol. The number of hydrogen-bond donors (Lipinski definition) is 1. The van der Waals surface area contributed by atoms with Crippen LogP contribution in [0, 0.1) is 25.4 Å². The van der Waals surface area contributed by atoms with Crippen LogP contribution in [0.15, 0.2) is 12.1 Å². The van der Waals surface area contributed by atoms with Crippen molar-refractivity contribution in [2.75, 3.05) is 19.7 Å². The molecule has 110 valence electrons. The van der Waals surface area contributed by atoms with Gasteiger partial charge < -0.3 is 10.1 Å². The zero-order chi connectivity index (χ0) is 14.5. The van der Waals surface area contributed by atoms with Crippen molar-refractivity contribution in [3.8, 4) is 5.75 Å². The number of hydrogen-bond acceptors (Lipinski definition) is 4. The van der Waals surface area contributed by atoms with Crippen molar-refractivity contribution in [1.82, 2.24) is 5.32 Å². The van der Waals surface area contributed by atoms with Gasteiger partial charge >= 0.3 is 5.69 Å². The molecular weight excluding hydrogens is 378 g/mol. The van der Waals surface area contributed by atoms with E-state index in [1.165, 1.54) is 6.07 Å². The molecule has 0 spiro atoms. The van der Waals surface area contributed by atoms with E-state index in [1.54, 1.807) is 22.6 Å². The normalized spacial score (nSPS) is 18.8. The van der Waals surface area contributed by atoms with Crippen molar-refractivity contribution in [2.24, 2.45) is 5.92 Å². The summed E-state index contributed by atoms with van der Waals surface area (Å²) in [6, 6.07) is 2.30. The Kier molecular flexibility index (Phi) is 5.53. The highest BCUT2D eigenvalue weighted by Gasteiger charge is 2.20. The first-order chi connectivity index (χ1) is 9.58. The van der Waals surface area contributed by atoms with Gasteiger partial charge in [-0.3, -0.25) is 10.1 Å². The highest BCUT2D eigenvalue weighted by Crippen LogP contribution is 2.31. The van der Waals surface area contributed by atoms with Gasteiger partial charge in [-0.2, -0.15) is 0 Å². The highest BCUT2D eigenvalue weighted by molar-refractivity contribution is 14.1. The third-order valence-corrected chi connectivity index (χ3v) is 4.21. The molecule has 1 aliphatic rings. The number of nitrogens with zero attached hydrogens (tertiary/aromatic N) is 1. The number of rotatable bonds is 5. The number of halogens is 2. The van der Waals surface area contributed by atoms with E-state index in [0.717, 1.165) is 38.4 Å². The molecule has 7 heteroatoms. The van der Waals surface area contributed by atoms with Gasteiger partial charge in [-0.15, -0.1) is 0 Å². The Morgan fingerprint density at radius 3 is 3.00 bits per heavy atom. The molecule has 1 aliphatic heterocycles. The van der Waals surface area contributed by atoms with Gasteiger partial charge in [0.1, 0.15) is 5.82 Å². The molecule has 0 radical (unpaired) electrons. The van der Waals surface area contributed by atoms with Crippen LogP contribution in [0.3, 0.4) is 0 Å². The average Bonchev–Trinajstić information content (AvgIpc) is 2.43. The summed E-state index contributed by atoms with van der Waals surface area (Å²) in [5.74, 6) is 0.0405. The summed E-state index contributed by atoms with van der Waals surface area (Å²) in [5.41, 5.74) is -0.183. The Bertz CT molecular complexity index is 493. The second-order valence-electron chi connectivity index (χ2n) is 4.84. The maximum Gasteiger partial charge on any atom is 0.312 e. The van der Waals surface area contributed by atoms with E-state index in [9.17, 15) is 14.5 Å². The number of nitro benzene ring substituents is 1. The van der Waals surface area contributed by atoms with Gasteiger partial charge in [-0.25, -0.2) is 4.39 Å². The molecule has 1 aromatic carbocycles. The zero-order valence-corrected chi connectivity index (χ0v) is 13.1. The molecule has 1 saturated heterocycles. The summed E-state index contributed by atoms with van der Waals surface area (Å²) >= 11 is 1.73. The highest BCUT2D eigenvalue weighted by atomic mass is 127. The summed E-state index contributed by atoms with van der Waals surface area (Å²) in [7, 11) is 0. The van der Waals surface area contributed by atoms with Crippen LogP contribution in [-0.2, 0) is 0 Å². The Morgan fingerprint density at radius 1 is 1.55 bits per heavy atom. The lowest BCUT2D eigenvalue weighted by Crippen LogP contribution is -2.30. The molecule has 1 aromatic rings. The molecule has 0 saturated carbocycles. The van der Waals surface area contributed by atoms with Gasteiger partial charge in [0.25, 0.3) is 0 Å². The molecule has 1 heterocycles. The van der Waals surface area contributed by atoms with Crippen LogP contribution < -0.4 is 10.1 Å². The quantitative estimate of drug-likeness (QED) is 0.474. The molecular formula is C13H16FIN2O3. The molecule has 20 heavy (non-hydrogen) atoms. The molecule has 0 bridgehead atoms. The molecule has 0 aromatic heterocycles. The van der Waals surface area contributed by atoms with Crippen molar-refractivity contribution in [1.29, 1.82) is 0 Å². The first kappa shape index (κ1) is 15.4. The fraction of sp³-hybridized carbons (Fsp3) is 0.538. The fourth-order valence-corrected chi connectivity index (χ4v) is 2.73. The molecule has 0 aliphatic carbocycles. The van der Waals surface area contributed by atoms with E-state index < -0.39 is 10.7 Å². The summed E-state index contributed by atoms with van der Waals surface area (Å²) < 4.78 is 19.1. The third kappa shape index (κ3) is 4.02. The largest absolute Gasteiger partial charge is 0.487 e. The maximum absolute atomic E-state index is 13.5. The minimum absolute atomic E-state index is 0.0108. The van der Waals surface area contributed by atoms with Crippen LogP contribution in [0.1, 0.15) is 19.3 Å². The van der Waals surface area contributed by atoms with Crippen molar-refractivity contribution in [2.45, 2.75) is 19.3 Å². The molecule has 5 nitrogen and oxygen atoms in total. The molecule has 2 rings (SSSR count). The minimum Gasteiger partial charge on any atom is -0.487 e. The second-order valence-corrected chi connectivity index (χ2v) is 6.00. The lowest BCUT2D eigenvalue weighted by Gasteiger charge is -2.22. The zero-order valence-electron chi connectivity index (χ0n) is 10.9. The smallest absolute Gasteiger partial charge is 0.312 e. The molecule has 1 N–H and O–H groups in total. The summed E-state index contributed by atoms with van der Waals surface area (Å²) in [6.07, 6.45) is 3.10. The van der Waals surface area contributed by atoms with E-state index in [4.69, 9.17) is 4.74 Å². The van der Waals surface area contributed by atoms with Gasteiger partial charge in [0.2, 0.25) is 0 Å². The Balaban J connectivity index is 1.97. The first-order valence-corrected chi connectivity index (χ1v) is 7.62. The molecule has 1 atom stereocenters. The van der Waals surface area contributed by atoms with Gasteiger partial charge in [-0.1, -0.05) is 0 Å². The van der Waals surface area contributed by atoms with Crippen molar-refractivity contribution in [3.63, 3.8) is 0 Å². The summed E-state index contributed by atoms with van der Waals surface area (Å²) in [6.45, 7) is 2.37. The lowest BCUT2D eigenvalue weighted by molar-refractivity contribution is -0.386. The second kappa shape index (κ2) is 7.16. The van der Waals surface area contributed by atoms with E-state index in [1.807, 2.05) is 0 Å². The number of nitrogens with one attached hydrogen (secondary N) is 1. The van der Waals surface area contributed by atoms with Crippen LogP contribution in [0.2, 0.25) is 0 Å². The fourth-order valence-electron chi connectivity index (χ4n) is 2.28. The van der Waals surface area contributed by atoms with Crippen LogP contribution in [0.5, 0.6) is 5.75 Å². The Labute approximate surface area is 130 Å². The van der Waals surface area contributed by atoms with Crippen molar-refractivity contribution in [3.05, 3.63) is 31.6 Å². The summed E-state index contributed by atoms with van der Waals surface area (Å²) in [4.78, 5) is 10.4. The topological polar surface area (TPSA) is 64.4 Å². The molecule has 1 unspecified atom stereocenters. The number of benzene rings is 1. The monoisotopic (exact) mass is 394 g/mol. The Morgan fingerprint density at radius 2 is 2.35 bits per heavy atom. The summed E-state index contributed by atoms with van der Waals surface area (Å²) in [5, 5.41) is 14.2. The maximum atomic E-state index is 13.5. The predicted octanol–water partition coefficient (Wildman–Crippen LogP) is 3.11. The van der Waals surface area contributed by atoms with Crippen LogP contribution >= 0.6 is 22.6 Å². The molecule has 1 fully saturated rings. The first-order valence-electron chi connectivity index (χ1n) is 6.55. The van der Waals surface area contributed by atoms with E-state index >= 15 is 0 Å². The van der Waals surface area contributed by atoms with E-state index in [2.05, 4.69) is 5.32 Å². The number of piperidine rings is 1. The molecule has 0 amide bonds. The Hall–Kier alpha value is -0.960. The standard InChI is InChI=1S/C13H16FIN2O3/c14-10-6-13(12(17(18)19)7-11(10)15)20-5-3-9-2-1-4-16-8-9/h6-7,9,16H,1-5,8H2. The van der Waals surface area contributed by atoms with Crippen molar-refractivity contribution >= 4 is 28.3 Å².